The van der Waals surface area contributed by atoms with Gasteiger partial charge in [-0.25, -0.2) is 8.42 Å². The number of sulfone groups is 1. The van der Waals surface area contributed by atoms with E-state index in [4.69, 9.17) is 5.73 Å². The largest absolute Gasteiger partial charge is 0.338 e. The minimum Gasteiger partial charge on any atom is -0.338 e. The molecule has 6 heteroatoms. The van der Waals surface area contributed by atoms with Crippen molar-refractivity contribution in [3.63, 3.8) is 0 Å². The van der Waals surface area contributed by atoms with Crippen molar-refractivity contribution in [3.05, 3.63) is 0 Å². The highest BCUT2D eigenvalue weighted by atomic mass is 32.2. The zero-order valence-corrected chi connectivity index (χ0v) is 12.2. The topological polar surface area (TPSA) is 80.5 Å². The molecule has 1 aliphatic rings. The second kappa shape index (κ2) is 6.02. The van der Waals surface area contributed by atoms with E-state index in [0.717, 1.165) is 6.42 Å². The first-order chi connectivity index (χ1) is 8.32. The zero-order valence-electron chi connectivity index (χ0n) is 11.4. The fraction of sp³-hybridized carbons (Fsp3) is 0.917. The number of nitrogens with zero attached hydrogens (tertiary/aromatic N) is 1. The molecule has 1 fully saturated rings. The van der Waals surface area contributed by atoms with Gasteiger partial charge in [0.1, 0.15) is 0 Å². The van der Waals surface area contributed by atoms with Gasteiger partial charge in [-0.3, -0.25) is 4.79 Å². The molecule has 1 heterocycles. The van der Waals surface area contributed by atoms with Gasteiger partial charge in [-0.1, -0.05) is 20.3 Å². The molecule has 1 amide bonds. The molecular weight excluding hydrogens is 252 g/mol. The Morgan fingerprint density at radius 2 is 2.06 bits per heavy atom. The summed E-state index contributed by atoms with van der Waals surface area (Å²) < 4.78 is 22.9. The normalized spacial score (nSPS) is 25.7. The number of nitrogens with two attached hydrogens (primary N) is 1. The van der Waals surface area contributed by atoms with Gasteiger partial charge in [0, 0.05) is 12.6 Å². The molecule has 18 heavy (non-hydrogen) atoms. The van der Waals surface area contributed by atoms with E-state index in [1.165, 1.54) is 0 Å². The third kappa shape index (κ3) is 3.45. The van der Waals surface area contributed by atoms with E-state index in [9.17, 15) is 13.2 Å². The summed E-state index contributed by atoms with van der Waals surface area (Å²) in [6.07, 6.45) is 1.38. The highest BCUT2D eigenvalue weighted by Crippen LogP contribution is 2.19. The van der Waals surface area contributed by atoms with Crippen molar-refractivity contribution >= 4 is 15.7 Å². The van der Waals surface area contributed by atoms with E-state index >= 15 is 0 Å². The van der Waals surface area contributed by atoms with Gasteiger partial charge in [0.25, 0.3) is 0 Å². The van der Waals surface area contributed by atoms with Crippen molar-refractivity contribution < 1.29 is 13.2 Å². The van der Waals surface area contributed by atoms with Crippen LogP contribution < -0.4 is 5.73 Å². The number of carbonyl (C=O) groups is 1. The average molecular weight is 276 g/mol. The minimum absolute atomic E-state index is 0.0831. The fourth-order valence-corrected chi connectivity index (χ4v) is 4.03. The quantitative estimate of drug-likeness (QED) is 0.788. The summed E-state index contributed by atoms with van der Waals surface area (Å²) in [6.45, 7) is 6.32. The van der Waals surface area contributed by atoms with Crippen molar-refractivity contribution in [1.29, 1.82) is 0 Å². The molecule has 0 spiro atoms. The van der Waals surface area contributed by atoms with E-state index in [0.29, 0.717) is 13.0 Å². The van der Waals surface area contributed by atoms with E-state index in [1.54, 1.807) is 4.90 Å². The van der Waals surface area contributed by atoms with Gasteiger partial charge < -0.3 is 10.6 Å². The van der Waals surface area contributed by atoms with E-state index in [2.05, 4.69) is 0 Å². The monoisotopic (exact) mass is 276 g/mol. The lowest BCUT2D eigenvalue weighted by Crippen LogP contribution is -2.51. The lowest BCUT2D eigenvalue weighted by molar-refractivity contribution is -0.135. The van der Waals surface area contributed by atoms with Crippen LogP contribution >= 0.6 is 0 Å². The van der Waals surface area contributed by atoms with Crippen LogP contribution in [0.5, 0.6) is 0 Å². The molecular formula is C12H24N2O3S. The maximum absolute atomic E-state index is 12.3. The molecule has 0 saturated carbocycles. The van der Waals surface area contributed by atoms with Gasteiger partial charge >= 0.3 is 0 Å². The van der Waals surface area contributed by atoms with Crippen molar-refractivity contribution in [2.45, 2.75) is 45.7 Å². The van der Waals surface area contributed by atoms with Crippen molar-refractivity contribution in [3.8, 4) is 0 Å². The third-order valence-electron chi connectivity index (χ3n) is 3.82. The van der Waals surface area contributed by atoms with Gasteiger partial charge in [0.15, 0.2) is 9.84 Å². The lowest BCUT2D eigenvalue weighted by atomic mass is 9.98. The van der Waals surface area contributed by atoms with E-state index in [1.807, 2.05) is 20.8 Å². The predicted octanol–water partition coefficient (Wildman–Crippen LogP) is 0.395. The van der Waals surface area contributed by atoms with Crippen LogP contribution in [0, 0.1) is 5.92 Å². The Kier molecular flexibility index (Phi) is 5.16. The second-order valence-electron chi connectivity index (χ2n) is 5.09. The van der Waals surface area contributed by atoms with Crippen LogP contribution in [0.3, 0.4) is 0 Å². The number of carbonyl (C=O) groups excluding carboxylic acids is 1. The van der Waals surface area contributed by atoms with Crippen LogP contribution in [0.25, 0.3) is 0 Å². The van der Waals surface area contributed by atoms with Crippen molar-refractivity contribution in [2.75, 3.05) is 18.1 Å². The fourth-order valence-electron chi connectivity index (χ4n) is 2.30. The van der Waals surface area contributed by atoms with Gasteiger partial charge in [-0.15, -0.1) is 0 Å². The summed E-state index contributed by atoms with van der Waals surface area (Å²) in [4.78, 5) is 13.9. The Labute approximate surface area is 110 Å². The Morgan fingerprint density at radius 3 is 2.44 bits per heavy atom. The van der Waals surface area contributed by atoms with Crippen LogP contribution in [0.15, 0.2) is 0 Å². The van der Waals surface area contributed by atoms with Crippen LogP contribution in [0.1, 0.15) is 33.6 Å². The maximum atomic E-state index is 12.3. The molecule has 3 atom stereocenters. The Bertz CT molecular complexity index is 394. The third-order valence-corrected chi connectivity index (χ3v) is 5.57. The molecule has 1 rings (SSSR count). The number of rotatable bonds is 5. The highest BCUT2D eigenvalue weighted by molar-refractivity contribution is 7.91. The second-order valence-corrected chi connectivity index (χ2v) is 7.32. The first-order valence-electron chi connectivity index (χ1n) is 6.58. The smallest absolute Gasteiger partial charge is 0.240 e. The number of hydrogen-bond acceptors (Lipinski definition) is 4. The Hall–Kier alpha value is -0.620. The van der Waals surface area contributed by atoms with Crippen LogP contribution in [-0.4, -0.2) is 49.4 Å². The zero-order chi connectivity index (χ0) is 13.9. The van der Waals surface area contributed by atoms with Crippen LogP contribution in [0.4, 0.5) is 0 Å². The maximum Gasteiger partial charge on any atom is 0.240 e. The van der Waals surface area contributed by atoms with Crippen LogP contribution in [0.2, 0.25) is 0 Å². The number of likely N-dealkylation sites (N-methyl/N-ethyl adjacent to an activating group) is 1. The molecule has 0 aromatic carbocycles. The molecule has 0 aromatic heterocycles. The molecule has 1 aliphatic heterocycles. The van der Waals surface area contributed by atoms with Crippen LogP contribution in [-0.2, 0) is 14.6 Å². The molecule has 0 radical (unpaired) electrons. The molecule has 1 saturated heterocycles. The summed E-state index contributed by atoms with van der Waals surface area (Å²) in [5, 5.41) is 0. The van der Waals surface area contributed by atoms with Crippen molar-refractivity contribution in [1.82, 2.24) is 4.90 Å². The number of hydrogen-bond donors (Lipinski definition) is 1. The average Bonchev–Trinajstić information content (AvgIpc) is 2.68. The number of amides is 1. The van der Waals surface area contributed by atoms with E-state index in [-0.39, 0.29) is 29.4 Å². The summed E-state index contributed by atoms with van der Waals surface area (Å²) in [6, 6.07) is -0.721. The van der Waals surface area contributed by atoms with Gasteiger partial charge in [-0.2, -0.15) is 0 Å². The lowest BCUT2D eigenvalue weighted by Gasteiger charge is -2.31. The standard InChI is InChI=1S/C12H24N2O3S/c1-4-9(3)11(13)12(15)14(5-2)10-6-7-18(16,17)8-10/h9-11H,4-8,13H2,1-3H3/t9-,10?,11-/m0/s1. The highest BCUT2D eigenvalue weighted by Gasteiger charge is 2.36. The first-order valence-corrected chi connectivity index (χ1v) is 8.41. The Morgan fingerprint density at radius 1 is 1.44 bits per heavy atom. The van der Waals surface area contributed by atoms with Gasteiger partial charge in [0.05, 0.1) is 17.5 Å². The molecule has 1 unspecified atom stereocenters. The molecule has 0 aromatic rings. The summed E-state index contributed by atoms with van der Waals surface area (Å²) >= 11 is 0. The summed E-state index contributed by atoms with van der Waals surface area (Å²) in [5.74, 6) is 0.262. The Balaban J connectivity index is 2.75. The van der Waals surface area contributed by atoms with Gasteiger partial charge in [0.2, 0.25) is 5.91 Å². The van der Waals surface area contributed by atoms with E-state index < -0.39 is 15.9 Å². The molecule has 5 nitrogen and oxygen atoms in total. The summed E-state index contributed by atoms with van der Waals surface area (Å²) in [5.41, 5.74) is 5.94. The molecule has 2 N–H and O–H groups in total. The SMILES string of the molecule is CC[C@H](C)[C@H](N)C(=O)N(CC)C1CCS(=O)(=O)C1. The molecule has 0 aliphatic carbocycles. The van der Waals surface area contributed by atoms with Crippen molar-refractivity contribution in [2.24, 2.45) is 11.7 Å². The first kappa shape index (κ1) is 15.4. The van der Waals surface area contributed by atoms with Gasteiger partial charge in [-0.05, 0) is 19.3 Å². The molecule has 0 bridgehead atoms. The predicted molar refractivity (Wildman–Crippen MR) is 71.9 cm³/mol. The molecule has 106 valence electrons. The summed E-state index contributed by atoms with van der Waals surface area (Å²) in [7, 11) is -2.97. The minimum atomic E-state index is -2.97.